The minimum atomic E-state index is -0.478. The van der Waals surface area contributed by atoms with E-state index in [4.69, 9.17) is 29.4 Å². The van der Waals surface area contributed by atoms with Crippen LogP contribution in [-0.2, 0) is 36.9 Å². The van der Waals surface area contributed by atoms with Gasteiger partial charge < -0.3 is 34.0 Å². The molecule has 0 radical (unpaired) electrons. The summed E-state index contributed by atoms with van der Waals surface area (Å²) in [5.41, 5.74) is 7.55. The Balaban J connectivity index is 1.30. The van der Waals surface area contributed by atoms with Crippen molar-refractivity contribution in [3.63, 3.8) is 0 Å². The number of carbonyl (C=O) groups is 1. The first-order chi connectivity index (χ1) is 18.3. The zero-order valence-electron chi connectivity index (χ0n) is 22.3. The number of carbonyl (C=O) groups excluding carboxylic acids is 1. The van der Waals surface area contributed by atoms with Crippen molar-refractivity contribution in [3.05, 3.63) is 54.4 Å². The predicted molar refractivity (Wildman–Crippen MR) is 143 cm³/mol. The number of imidazole rings is 1. The first-order valence-electron chi connectivity index (χ1n) is 12.6. The average molecular weight is 528 g/mol. The first kappa shape index (κ1) is 29.0. The van der Waals surface area contributed by atoms with Crippen molar-refractivity contribution in [2.75, 3.05) is 45.4 Å². The van der Waals surface area contributed by atoms with Gasteiger partial charge >= 0.3 is 5.97 Å². The number of benzene rings is 1. The predicted octanol–water partition coefficient (Wildman–Crippen LogP) is 3.33. The van der Waals surface area contributed by atoms with Crippen LogP contribution in [0, 0.1) is 0 Å². The first-order valence-corrected chi connectivity index (χ1v) is 12.6. The lowest BCUT2D eigenvalue weighted by Gasteiger charge is -2.19. The summed E-state index contributed by atoms with van der Waals surface area (Å²) in [7, 11) is 0. The van der Waals surface area contributed by atoms with E-state index in [2.05, 4.69) is 15.0 Å². The van der Waals surface area contributed by atoms with Gasteiger partial charge in [0.15, 0.2) is 11.2 Å². The van der Waals surface area contributed by atoms with Crippen LogP contribution in [0.2, 0.25) is 0 Å². The second kappa shape index (κ2) is 15.0. The van der Waals surface area contributed by atoms with Crippen LogP contribution in [-0.4, -0.2) is 70.7 Å². The zero-order chi connectivity index (χ0) is 27.2. The number of aromatic nitrogens is 4. The zero-order valence-corrected chi connectivity index (χ0v) is 22.3. The van der Waals surface area contributed by atoms with E-state index >= 15 is 0 Å². The van der Waals surface area contributed by atoms with Gasteiger partial charge in [-0.05, 0) is 26.3 Å². The molecule has 0 aliphatic carbocycles. The van der Waals surface area contributed by atoms with E-state index in [1.54, 1.807) is 6.33 Å². The number of rotatable bonds is 16. The standard InChI is InChI=1S/C27H37N5O6/c1-27(2,3)38-22(33)11-14-35-16-18-36-17-15-34-13-8-7-12-32-20-29-24-23(32)25(31-26(28)30-24)37-19-21-9-5-4-6-10-21/h4-10,20H,11-19H2,1-3H3,(H2,28,30,31)/b8-7+. The fraction of sp³-hybridized carbons (Fsp3) is 0.481. The van der Waals surface area contributed by atoms with E-state index in [1.165, 1.54) is 0 Å². The minimum absolute atomic E-state index is 0.115. The van der Waals surface area contributed by atoms with Gasteiger partial charge in [0.05, 0.1) is 52.4 Å². The number of fused-ring (bicyclic) bond motifs is 1. The molecule has 38 heavy (non-hydrogen) atoms. The lowest BCUT2D eigenvalue weighted by Crippen LogP contribution is -2.24. The molecule has 0 saturated carbocycles. The second-order valence-electron chi connectivity index (χ2n) is 9.34. The van der Waals surface area contributed by atoms with E-state index in [-0.39, 0.29) is 18.3 Å². The molecule has 0 unspecified atom stereocenters. The van der Waals surface area contributed by atoms with E-state index in [0.717, 1.165) is 5.56 Å². The van der Waals surface area contributed by atoms with E-state index in [0.29, 0.717) is 69.8 Å². The SMILES string of the molecule is CC(C)(C)OC(=O)CCOCCOCCOC/C=C/Cn1cnc2nc(N)nc(OCc3ccccc3)c21. The highest BCUT2D eigenvalue weighted by atomic mass is 16.6. The molecule has 0 spiro atoms. The van der Waals surface area contributed by atoms with Crippen LogP contribution in [0.1, 0.15) is 32.8 Å². The van der Waals surface area contributed by atoms with Crippen LogP contribution in [0.25, 0.3) is 11.2 Å². The van der Waals surface area contributed by atoms with Gasteiger partial charge in [0.1, 0.15) is 12.2 Å². The molecule has 0 fully saturated rings. The second-order valence-corrected chi connectivity index (χ2v) is 9.34. The molecule has 3 aromatic rings. The molecule has 0 atom stereocenters. The third-order valence-corrected chi connectivity index (χ3v) is 4.97. The van der Waals surface area contributed by atoms with Gasteiger partial charge in [0.2, 0.25) is 11.8 Å². The van der Waals surface area contributed by atoms with Gasteiger partial charge in [-0.1, -0.05) is 42.5 Å². The Labute approximate surface area is 222 Å². The highest BCUT2D eigenvalue weighted by molar-refractivity contribution is 5.77. The smallest absolute Gasteiger partial charge is 0.308 e. The molecule has 11 nitrogen and oxygen atoms in total. The maximum Gasteiger partial charge on any atom is 0.308 e. The fourth-order valence-corrected chi connectivity index (χ4v) is 3.32. The molecular weight excluding hydrogens is 490 g/mol. The van der Waals surface area contributed by atoms with Crippen LogP contribution in [0.15, 0.2) is 48.8 Å². The van der Waals surface area contributed by atoms with Crippen molar-refractivity contribution in [2.45, 2.75) is 45.9 Å². The number of esters is 1. The average Bonchev–Trinajstić information content (AvgIpc) is 3.27. The Hall–Kier alpha value is -3.54. The largest absolute Gasteiger partial charge is 0.471 e. The van der Waals surface area contributed by atoms with E-state index in [9.17, 15) is 4.79 Å². The summed E-state index contributed by atoms with van der Waals surface area (Å²) in [4.78, 5) is 24.4. The Bertz CT molecular complexity index is 1160. The normalized spacial score (nSPS) is 11.9. The molecule has 206 valence electrons. The van der Waals surface area contributed by atoms with Crippen molar-refractivity contribution < 1.29 is 28.5 Å². The van der Waals surface area contributed by atoms with E-state index in [1.807, 2.05) is 67.8 Å². The molecule has 0 aliphatic heterocycles. The molecule has 11 heteroatoms. The molecular formula is C27H37N5O6. The minimum Gasteiger partial charge on any atom is -0.471 e. The fourth-order valence-electron chi connectivity index (χ4n) is 3.32. The van der Waals surface area contributed by atoms with Gasteiger partial charge in [-0.3, -0.25) is 4.79 Å². The van der Waals surface area contributed by atoms with Crippen LogP contribution < -0.4 is 10.5 Å². The third-order valence-electron chi connectivity index (χ3n) is 4.97. The van der Waals surface area contributed by atoms with Crippen molar-refractivity contribution in [1.82, 2.24) is 19.5 Å². The summed E-state index contributed by atoms with van der Waals surface area (Å²) in [6.45, 7) is 8.94. The van der Waals surface area contributed by atoms with Crippen molar-refractivity contribution in [2.24, 2.45) is 0 Å². The van der Waals surface area contributed by atoms with Crippen molar-refractivity contribution in [1.29, 1.82) is 0 Å². The van der Waals surface area contributed by atoms with Gasteiger partial charge in [-0.15, -0.1) is 0 Å². The summed E-state index contributed by atoms with van der Waals surface area (Å²) in [5, 5.41) is 0. The molecule has 2 N–H and O–H groups in total. The molecule has 2 heterocycles. The highest BCUT2D eigenvalue weighted by Crippen LogP contribution is 2.23. The van der Waals surface area contributed by atoms with Gasteiger partial charge in [0, 0.05) is 6.54 Å². The molecule has 1 aromatic carbocycles. The van der Waals surface area contributed by atoms with Crippen LogP contribution in [0.4, 0.5) is 5.95 Å². The van der Waals surface area contributed by atoms with Gasteiger partial charge in [-0.2, -0.15) is 9.97 Å². The monoisotopic (exact) mass is 527 g/mol. The molecule has 2 aromatic heterocycles. The Morgan fingerprint density at radius 1 is 0.974 bits per heavy atom. The van der Waals surface area contributed by atoms with Gasteiger partial charge in [-0.25, -0.2) is 4.98 Å². The Morgan fingerprint density at radius 3 is 2.42 bits per heavy atom. The van der Waals surface area contributed by atoms with Crippen LogP contribution >= 0.6 is 0 Å². The lowest BCUT2D eigenvalue weighted by atomic mass is 10.2. The van der Waals surface area contributed by atoms with Gasteiger partial charge in [0.25, 0.3) is 0 Å². The number of hydrogen-bond acceptors (Lipinski definition) is 10. The van der Waals surface area contributed by atoms with E-state index < -0.39 is 5.60 Å². The number of anilines is 1. The molecule has 0 amide bonds. The summed E-state index contributed by atoms with van der Waals surface area (Å²) >= 11 is 0. The number of allylic oxidation sites excluding steroid dienone is 1. The van der Waals surface area contributed by atoms with Crippen molar-refractivity contribution in [3.8, 4) is 5.88 Å². The number of nitrogens with zero attached hydrogens (tertiary/aromatic N) is 4. The summed E-state index contributed by atoms with van der Waals surface area (Å²) in [6.07, 6.45) is 5.81. The highest BCUT2D eigenvalue weighted by Gasteiger charge is 2.16. The summed E-state index contributed by atoms with van der Waals surface area (Å²) in [6, 6.07) is 9.83. The van der Waals surface area contributed by atoms with Crippen LogP contribution in [0.5, 0.6) is 5.88 Å². The molecule has 0 aliphatic rings. The maximum absolute atomic E-state index is 11.6. The lowest BCUT2D eigenvalue weighted by molar-refractivity contribution is -0.156. The summed E-state index contributed by atoms with van der Waals surface area (Å²) in [5.74, 6) is 0.241. The molecule has 0 bridgehead atoms. The van der Waals surface area contributed by atoms with Crippen molar-refractivity contribution >= 4 is 23.1 Å². The summed E-state index contributed by atoms with van der Waals surface area (Å²) < 4.78 is 29.5. The van der Waals surface area contributed by atoms with Crippen LogP contribution in [0.3, 0.4) is 0 Å². The number of ether oxygens (including phenoxy) is 5. The Kier molecular flexibility index (Phi) is 11.5. The number of hydrogen-bond donors (Lipinski definition) is 1. The Morgan fingerprint density at radius 2 is 1.68 bits per heavy atom. The molecule has 0 saturated heterocycles. The molecule has 3 rings (SSSR count). The topological polar surface area (TPSA) is 133 Å². The third kappa shape index (κ3) is 10.4. The quantitative estimate of drug-likeness (QED) is 0.168. The number of nitrogens with two attached hydrogens (primary N) is 1. The maximum atomic E-state index is 11.6. The number of nitrogen functional groups attached to an aromatic ring is 1.